The quantitative estimate of drug-likeness (QED) is 0.287. The van der Waals surface area contributed by atoms with Gasteiger partial charge >= 0.3 is 5.97 Å². The molecule has 8 heteroatoms. The van der Waals surface area contributed by atoms with Gasteiger partial charge in [0, 0.05) is 6.42 Å². The van der Waals surface area contributed by atoms with Gasteiger partial charge in [-0.25, -0.2) is 9.80 Å². The van der Waals surface area contributed by atoms with Crippen LogP contribution in [0.25, 0.3) is 10.8 Å². The van der Waals surface area contributed by atoms with E-state index in [0.717, 1.165) is 27.6 Å². The van der Waals surface area contributed by atoms with Gasteiger partial charge in [-0.2, -0.15) is 5.10 Å². The first-order chi connectivity index (χ1) is 19.0. The van der Waals surface area contributed by atoms with Gasteiger partial charge in [0.1, 0.15) is 5.56 Å². The summed E-state index contributed by atoms with van der Waals surface area (Å²) in [5.41, 5.74) is 2.79. The third-order valence-corrected chi connectivity index (χ3v) is 6.68. The van der Waals surface area contributed by atoms with Crippen LogP contribution in [0.15, 0.2) is 90.0 Å². The van der Waals surface area contributed by atoms with Crippen molar-refractivity contribution in [2.45, 2.75) is 12.5 Å². The highest BCUT2D eigenvalue weighted by atomic mass is 16.5. The Morgan fingerprint density at radius 1 is 0.821 bits per heavy atom. The molecule has 1 amide bonds. The first kappa shape index (κ1) is 25.8. The lowest BCUT2D eigenvalue weighted by molar-refractivity contribution is -0.136. The first-order valence-corrected chi connectivity index (χ1v) is 12.4. The van der Waals surface area contributed by atoms with Gasteiger partial charge in [-0.1, -0.05) is 66.7 Å². The summed E-state index contributed by atoms with van der Waals surface area (Å²) >= 11 is 0. The minimum absolute atomic E-state index is 0.115. The molecule has 0 radical (unpaired) electrons. The third-order valence-electron chi connectivity index (χ3n) is 6.68. The number of hydrazone groups is 1. The Labute approximate surface area is 226 Å². The van der Waals surface area contributed by atoms with Gasteiger partial charge in [0.05, 0.1) is 33.1 Å². The Morgan fingerprint density at radius 2 is 1.54 bits per heavy atom. The van der Waals surface area contributed by atoms with E-state index in [2.05, 4.69) is 12.1 Å². The molecule has 5 rings (SSSR count). The maximum Gasteiger partial charge on any atom is 0.342 e. The lowest BCUT2D eigenvalue weighted by Gasteiger charge is -2.22. The predicted octanol–water partition coefficient (Wildman–Crippen LogP) is 5.40. The van der Waals surface area contributed by atoms with Crippen LogP contribution in [-0.2, 0) is 9.53 Å². The van der Waals surface area contributed by atoms with Crippen molar-refractivity contribution in [2.75, 3.05) is 27.9 Å². The number of carbonyl (C=O) groups is 2. The summed E-state index contributed by atoms with van der Waals surface area (Å²) in [5.74, 6) is -0.341. The van der Waals surface area contributed by atoms with Crippen molar-refractivity contribution in [1.29, 1.82) is 0 Å². The smallest absolute Gasteiger partial charge is 0.342 e. The van der Waals surface area contributed by atoms with E-state index in [-0.39, 0.29) is 23.1 Å². The molecule has 0 fully saturated rings. The number of hydrogen-bond acceptors (Lipinski definition) is 7. The van der Waals surface area contributed by atoms with Crippen molar-refractivity contribution in [3.05, 3.63) is 102 Å². The molecule has 1 atom stereocenters. The minimum atomic E-state index is -0.727. The number of esters is 1. The molecular weight excluding hydrogens is 496 g/mol. The second-order valence-electron chi connectivity index (χ2n) is 8.94. The molecule has 0 aromatic heterocycles. The van der Waals surface area contributed by atoms with Crippen LogP contribution < -0.4 is 14.2 Å². The average Bonchev–Trinajstić information content (AvgIpc) is 3.44. The van der Waals surface area contributed by atoms with Crippen LogP contribution in [0.1, 0.15) is 33.9 Å². The zero-order valence-corrected chi connectivity index (χ0v) is 21.9. The first-order valence-electron chi connectivity index (χ1n) is 12.4. The predicted molar refractivity (Wildman–Crippen MR) is 148 cm³/mol. The molecule has 1 aliphatic rings. The molecule has 1 aliphatic heterocycles. The van der Waals surface area contributed by atoms with Gasteiger partial charge in [0.15, 0.2) is 18.1 Å². The average molecular weight is 525 g/mol. The van der Waals surface area contributed by atoms with Crippen molar-refractivity contribution >= 4 is 28.4 Å². The Kier molecular flexibility index (Phi) is 7.45. The Morgan fingerprint density at radius 3 is 2.26 bits per heavy atom. The van der Waals surface area contributed by atoms with E-state index in [1.54, 1.807) is 6.07 Å². The second-order valence-corrected chi connectivity index (χ2v) is 8.94. The van der Waals surface area contributed by atoms with E-state index in [1.807, 2.05) is 60.7 Å². The highest BCUT2D eigenvalue weighted by molar-refractivity contribution is 6.05. The molecule has 8 nitrogen and oxygen atoms in total. The van der Waals surface area contributed by atoms with Gasteiger partial charge in [-0.3, -0.25) is 4.79 Å². The lowest BCUT2D eigenvalue weighted by atomic mass is 9.97. The van der Waals surface area contributed by atoms with Gasteiger partial charge < -0.3 is 18.9 Å². The molecule has 0 N–H and O–H groups in total. The number of hydrogen-bond donors (Lipinski definition) is 0. The van der Waals surface area contributed by atoms with Gasteiger partial charge in [0.25, 0.3) is 5.91 Å². The number of rotatable bonds is 8. The van der Waals surface area contributed by atoms with Crippen molar-refractivity contribution < 1.29 is 28.5 Å². The van der Waals surface area contributed by atoms with E-state index in [4.69, 9.17) is 24.0 Å². The van der Waals surface area contributed by atoms with Crippen molar-refractivity contribution in [3.8, 4) is 17.2 Å². The molecule has 0 bridgehead atoms. The number of methoxy groups -OCH3 is 3. The third kappa shape index (κ3) is 5.13. The number of nitrogens with zero attached hydrogens (tertiary/aromatic N) is 2. The maximum absolute atomic E-state index is 13.4. The van der Waals surface area contributed by atoms with E-state index >= 15 is 0 Å². The SMILES string of the molecule is COc1ccc(C(=O)OCC(=O)N2N=C(c3ccc4ccccc4c3)CC2c2ccccc2)c(OC)c1OC. The summed E-state index contributed by atoms with van der Waals surface area (Å²) in [5, 5.41) is 8.34. The van der Waals surface area contributed by atoms with Crippen LogP contribution in [0, 0.1) is 0 Å². The highest BCUT2D eigenvalue weighted by Gasteiger charge is 2.34. The molecule has 0 saturated carbocycles. The summed E-state index contributed by atoms with van der Waals surface area (Å²) < 4.78 is 21.4. The summed E-state index contributed by atoms with van der Waals surface area (Å²) in [4.78, 5) is 26.4. The van der Waals surface area contributed by atoms with Gasteiger partial charge in [0.2, 0.25) is 5.75 Å². The molecular formula is C31H28N2O6. The van der Waals surface area contributed by atoms with Crippen molar-refractivity contribution in [2.24, 2.45) is 5.10 Å². The molecule has 1 heterocycles. The molecule has 4 aromatic carbocycles. The largest absolute Gasteiger partial charge is 0.493 e. The minimum Gasteiger partial charge on any atom is -0.493 e. The number of fused-ring (bicyclic) bond motifs is 1. The van der Waals surface area contributed by atoms with Gasteiger partial charge in [-0.15, -0.1) is 0 Å². The molecule has 198 valence electrons. The molecule has 1 unspecified atom stereocenters. The zero-order valence-electron chi connectivity index (χ0n) is 21.9. The topological polar surface area (TPSA) is 86.7 Å². The number of benzene rings is 4. The van der Waals surface area contributed by atoms with E-state index in [0.29, 0.717) is 12.2 Å². The number of ether oxygens (including phenoxy) is 4. The fourth-order valence-electron chi connectivity index (χ4n) is 4.75. The highest BCUT2D eigenvalue weighted by Crippen LogP contribution is 2.40. The second kappa shape index (κ2) is 11.3. The standard InChI is InChI=1S/C31H28N2O6/c1-36-27-16-15-24(29(37-2)30(27)38-3)31(35)39-19-28(34)33-26(21-10-5-4-6-11-21)18-25(32-33)23-14-13-20-9-7-8-12-22(20)17-23/h4-17,26H,18-19H2,1-3H3. The van der Waals surface area contributed by atoms with Crippen molar-refractivity contribution in [3.63, 3.8) is 0 Å². The molecule has 4 aromatic rings. The van der Waals surface area contributed by atoms with E-state index < -0.39 is 18.5 Å². The summed E-state index contributed by atoms with van der Waals surface area (Å²) in [6.45, 7) is -0.492. The number of carbonyl (C=O) groups excluding carboxylic acids is 2. The Hall–Kier alpha value is -4.85. The van der Waals surface area contributed by atoms with Crippen LogP contribution in [0.2, 0.25) is 0 Å². The van der Waals surface area contributed by atoms with E-state index in [9.17, 15) is 9.59 Å². The molecule has 39 heavy (non-hydrogen) atoms. The van der Waals surface area contributed by atoms with E-state index in [1.165, 1.54) is 32.4 Å². The summed E-state index contributed by atoms with van der Waals surface area (Å²) in [6.07, 6.45) is 0.533. The van der Waals surface area contributed by atoms with Gasteiger partial charge in [-0.05, 0) is 40.1 Å². The zero-order chi connectivity index (χ0) is 27.4. The molecule has 0 saturated heterocycles. The van der Waals surface area contributed by atoms with Crippen LogP contribution >= 0.6 is 0 Å². The molecule has 0 aliphatic carbocycles. The fourth-order valence-corrected chi connectivity index (χ4v) is 4.75. The number of amides is 1. The Balaban J connectivity index is 1.39. The van der Waals surface area contributed by atoms with Crippen LogP contribution in [0.5, 0.6) is 17.2 Å². The van der Waals surface area contributed by atoms with Crippen LogP contribution in [0.4, 0.5) is 0 Å². The van der Waals surface area contributed by atoms with Crippen molar-refractivity contribution in [1.82, 2.24) is 5.01 Å². The van der Waals surface area contributed by atoms with Crippen LogP contribution in [-0.4, -0.2) is 50.5 Å². The summed E-state index contributed by atoms with van der Waals surface area (Å²) in [6, 6.07) is 26.7. The molecule has 0 spiro atoms. The fraction of sp³-hybridized carbons (Fsp3) is 0.194. The summed E-state index contributed by atoms with van der Waals surface area (Å²) in [7, 11) is 4.35. The monoisotopic (exact) mass is 524 g/mol. The maximum atomic E-state index is 13.4. The Bertz CT molecular complexity index is 1550. The van der Waals surface area contributed by atoms with Crippen LogP contribution in [0.3, 0.4) is 0 Å². The normalized spacial score (nSPS) is 14.6. The lowest BCUT2D eigenvalue weighted by Crippen LogP contribution is -2.31.